The fourth-order valence-corrected chi connectivity index (χ4v) is 3.00. The third-order valence-corrected chi connectivity index (χ3v) is 4.83. The Morgan fingerprint density at radius 3 is 1.86 bits per heavy atom. The Labute approximate surface area is 210 Å². The molecule has 0 radical (unpaired) electrons. The molecule has 2 aromatic carbocycles. The Bertz CT molecular complexity index is 1110. The monoisotopic (exact) mass is 496 g/mol. The van der Waals surface area contributed by atoms with E-state index in [0.29, 0.717) is 36.0 Å². The van der Waals surface area contributed by atoms with Gasteiger partial charge in [0.05, 0.1) is 33.7 Å². The van der Waals surface area contributed by atoms with Crippen molar-refractivity contribution < 1.29 is 33.3 Å². The number of carbonyl (C=O) groups is 3. The standard InChI is InChI=1S/C27H32N2O7/c1-33-25-16-19(6-10-23(25)35-15-3-13-28)4-8-21(30)18-22(31)9-5-20-7-11-24(26(17-20)34-2)36-27(32)12-14-29/h4-11,16-17H,3,12-15,18,28-29H2,1-2H3/b8-4+,9-5+. The molecule has 4 N–H and O–H groups in total. The summed E-state index contributed by atoms with van der Waals surface area (Å²) in [6.07, 6.45) is 6.37. The highest BCUT2D eigenvalue weighted by atomic mass is 16.6. The predicted molar refractivity (Wildman–Crippen MR) is 137 cm³/mol. The minimum Gasteiger partial charge on any atom is -0.493 e. The van der Waals surface area contributed by atoms with E-state index in [9.17, 15) is 14.4 Å². The summed E-state index contributed by atoms with van der Waals surface area (Å²) in [4.78, 5) is 36.1. The van der Waals surface area contributed by atoms with Gasteiger partial charge in [0.15, 0.2) is 34.6 Å². The number of hydrogen-bond acceptors (Lipinski definition) is 9. The van der Waals surface area contributed by atoms with E-state index in [1.807, 2.05) is 0 Å². The van der Waals surface area contributed by atoms with E-state index in [0.717, 1.165) is 12.0 Å². The van der Waals surface area contributed by atoms with Gasteiger partial charge in [0, 0.05) is 6.54 Å². The van der Waals surface area contributed by atoms with Crippen LogP contribution in [0.15, 0.2) is 48.6 Å². The van der Waals surface area contributed by atoms with Gasteiger partial charge in [-0.05, 0) is 60.5 Å². The van der Waals surface area contributed by atoms with Crippen LogP contribution in [0.3, 0.4) is 0 Å². The van der Waals surface area contributed by atoms with Crippen molar-refractivity contribution in [3.05, 3.63) is 59.7 Å². The zero-order valence-electron chi connectivity index (χ0n) is 20.5. The summed E-state index contributed by atoms with van der Waals surface area (Å²) in [5, 5.41) is 0. The molecule has 0 atom stereocenters. The van der Waals surface area contributed by atoms with Crippen LogP contribution in [0.25, 0.3) is 12.2 Å². The normalized spacial score (nSPS) is 11.0. The molecule has 0 heterocycles. The second-order valence-electron chi connectivity index (χ2n) is 7.60. The molecule has 0 fully saturated rings. The maximum atomic E-state index is 12.2. The first-order chi connectivity index (χ1) is 17.4. The molecule has 0 aliphatic carbocycles. The van der Waals surface area contributed by atoms with Crippen LogP contribution in [-0.4, -0.2) is 51.5 Å². The van der Waals surface area contributed by atoms with Crippen LogP contribution in [-0.2, 0) is 14.4 Å². The van der Waals surface area contributed by atoms with Gasteiger partial charge in [-0.15, -0.1) is 0 Å². The Morgan fingerprint density at radius 1 is 0.778 bits per heavy atom. The summed E-state index contributed by atoms with van der Waals surface area (Å²) in [6, 6.07) is 10.1. The molecule has 0 aliphatic heterocycles. The number of nitrogens with two attached hydrogens (primary N) is 2. The molecule has 192 valence electrons. The number of methoxy groups -OCH3 is 2. The summed E-state index contributed by atoms with van der Waals surface area (Å²) in [5.74, 6) is 0.553. The third kappa shape index (κ3) is 9.36. The Kier molecular flexibility index (Phi) is 11.9. The Balaban J connectivity index is 1.95. The van der Waals surface area contributed by atoms with Crippen molar-refractivity contribution >= 4 is 29.7 Å². The van der Waals surface area contributed by atoms with Gasteiger partial charge in [-0.25, -0.2) is 0 Å². The van der Waals surface area contributed by atoms with E-state index in [2.05, 4.69) is 0 Å². The van der Waals surface area contributed by atoms with Crippen molar-refractivity contribution in [3.8, 4) is 23.0 Å². The summed E-state index contributed by atoms with van der Waals surface area (Å²) in [6.45, 7) is 1.20. The first-order valence-electron chi connectivity index (χ1n) is 11.4. The topological polar surface area (TPSA) is 140 Å². The molecule has 0 aromatic heterocycles. The number of ether oxygens (including phenoxy) is 4. The van der Waals surface area contributed by atoms with Crippen LogP contribution in [0.5, 0.6) is 23.0 Å². The largest absolute Gasteiger partial charge is 0.493 e. The van der Waals surface area contributed by atoms with E-state index in [4.69, 9.17) is 30.4 Å². The number of carbonyl (C=O) groups excluding carboxylic acids is 3. The first kappa shape index (κ1) is 28.3. The Morgan fingerprint density at radius 2 is 1.33 bits per heavy atom. The maximum Gasteiger partial charge on any atom is 0.312 e. The van der Waals surface area contributed by atoms with E-state index < -0.39 is 5.97 Å². The average Bonchev–Trinajstić information content (AvgIpc) is 2.87. The van der Waals surface area contributed by atoms with E-state index in [1.54, 1.807) is 48.6 Å². The summed E-state index contributed by atoms with van der Waals surface area (Å²) in [7, 11) is 2.98. The molecule has 2 rings (SSSR count). The van der Waals surface area contributed by atoms with Crippen molar-refractivity contribution in [1.29, 1.82) is 0 Å². The molecule has 0 amide bonds. The number of rotatable bonds is 15. The van der Waals surface area contributed by atoms with Crippen molar-refractivity contribution in [1.82, 2.24) is 0 Å². The van der Waals surface area contributed by atoms with Crippen LogP contribution >= 0.6 is 0 Å². The quantitative estimate of drug-likeness (QED) is 0.125. The highest BCUT2D eigenvalue weighted by Gasteiger charge is 2.10. The van der Waals surface area contributed by atoms with Crippen LogP contribution in [0.2, 0.25) is 0 Å². The highest BCUT2D eigenvalue weighted by molar-refractivity contribution is 6.10. The fourth-order valence-electron chi connectivity index (χ4n) is 3.00. The maximum absolute atomic E-state index is 12.2. The predicted octanol–water partition coefficient (Wildman–Crippen LogP) is 2.94. The molecule has 0 saturated heterocycles. The summed E-state index contributed by atoms with van der Waals surface area (Å²) >= 11 is 0. The molecule has 0 spiro atoms. The zero-order valence-corrected chi connectivity index (χ0v) is 20.5. The second-order valence-corrected chi connectivity index (χ2v) is 7.60. The van der Waals surface area contributed by atoms with Crippen LogP contribution in [0.1, 0.15) is 30.4 Å². The lowest BCUT2D eigenvalue weighted by molar-refractivity contribution is -0.134. The van der Waals surface area contributed by atoms with Gasteiger partial charge < -0.3 is 30.4 Å². The van der Waals surface area contributed by atoms with Crippen LogP contribution < -0.4 is 30.4 Å². The van der Waals surface area contributed by atoms with Gasteiger partial charge in [-0.2, -0.15) is 0 Å². The molecular weight excluding hydrogens is 464 g/mol. The molecule has 0 bridgehead atoms. The number of benzene rings is 2. The number of ketones is 2. The van der Waals surface area contributed by atoms with Gasteiger partial charge in [0.2, 0.25) is 0 Å². The van der Waals surface area contributed by atoms with Gasteiger partial charge >= 0.3 is 5.97 Å². The van der Waals surface area contributed by atoms with Crippen LogP contribution in [0.4, 0.5) is 0 Å². The first-order valence-corrected chi connectivity index (χ1v) is 11.4. The van der Waals surface area contributed by atoms with Crippen LogP contribution in [0, 0.1) is 0 Å². The number of hydrogen-bond donors (Lipinski definition) is 2. The van der Waals surface area contributed by atoms with Gasteiger partial charge in [-0.1, -0.05) is 24.3 Å². The number of allylic oxidation sites excluding steroid dienone is 2. The lowest BCUT2D eigenvalue weighted by atomic mass is 10.1. The number of esters is 1. The minimum absolute atomic E-state index is 0.0876. The lowest BCUT2D eigenvalue weighted by Crippen LogP contribution is -2.14. The highest BCUT2D eigenvalue weighted by Crippen LogP contribution is 2.30. The summed E-state index contributed by atoms with van der Waals surface area (Å²) < 4.78 is 21.4. The molecule has 9 heteroatoms. The van der Waals surface area contributed by atoms with E-state index in [1.165, 1.54) is 26.4 Å². The molecule has 0 aliphatic rings. The van der Waals surface area contributed by atoms with Crippen molar-refractivity contribution in [2.24, 2.45) is 11.5 Å². The Hall–Kier alpha value is -3.95. The molecule has 2 aromatic rings. The third-order valence-electron chi connectivity index (χ3n) is 4.83. The fraction of sp³-hybridized carbons (Fsp3) is 0.296. The molecule has 0 saturated carbocycles. The molecular formula is C27H32N2O7. The van der Waals surface area contributed by atoms with E-state index in [-0.39, 0.29) is 36.7 Å². The molecule has 9 nitrogen and oxygen atoms in total. The minimum atomic E-state index is -0.467. The molecule has 36 heavy (non-hydrogen) atoms. The second kappa shape index (κ2) is 15.1. The van der Waals surface area contributed by atoms with Gasteiger partial charge in [-0.3, -0.25) is 14.4 Å². The van der Waals surface area contributed by atoms with Crippen molar-refractivity contribution in [3.63, 3.8) is 0 Å². The zero-order chi connectivity index (χ0) is 26.3. The van der Waals surface area contributed by atoms with E-state index >= 15 is 0 Å². The summed E-state index contributed by atoms with van der Waals surface area (Å²) in [5.41, 5.74) is 12.2. The average molecular weight is 497 g/mol. The van der Waals surface area contributed by atoms with Crippen molar-refractivity contribution in [2.75, 3.05) is 33.9 Å². The van der Waals surface area contributed by atoms with Crippen molar-refractivity contribution in [2.45, 2.75) is 19.3 Å². The lowest BCUT2D eigenvalue weighted by Gasteiger charge is -2.10. The van der Waals surface area contributed by atoms with Gasteiger partial charge in [0.25, 0.3) is 0 Å². The SMILES string of the molecule is COc1cc(/C=C/C(=O)CC(=O)/C=C/c2ccc(OC(=O)CCN)c(OC)c2)ccc1OCCCN. The molecule has 0 unspecified atom stereocenters. The van der Waals surface area contributed by atoms with Gasteiger partial charge in [0.1, 0.15) is 0 Å². The smallest absolute Gasteiger partial charge is 0.312 e.